The zero-order valence-electron chi connectivity index (χ0n) is 9.91. The van der Waals surface area contributed by atoms with Gasteiger partial charge in [-0.2, -0.15) is 0 Å². The maximum Gasteiger partial charge on any atom is 0.255 e. The van der Waals surface area contributed by atoms with Gasteiger partial charge in [0, 0.05) is 20.5 Å². The minimum atomic E-state index is -0.116. The van der Waals surface area contributed by atoms with Gasteiger partial charge in [0.2, 0.25) is 0 Å². The second-order valence-corrected chi connectivity index (χ2v) is 5.28. The normalized spacial score (nSPS) is 10.1. The lowest BCUT2D eigenvalue weighted by Gasteiger charge is -2.08. The molecule has 92 valence electrons. The number of aryl methyl sites for hydroxylation is 1. The fraction of sp³-hybridized carbons (Fsp3) is 0.0714. The van der Waals surface area contributed by atoms with E-state index in [2.05, 4.69) is 27.9 Å². The van der Waals surface area contributed by atoms with Crippen LogP contribution in [0.5, 0.6) is 0 Å². The molecule has 1 amide bonds. The van der Waals surface area contributed by atoms with Crippen LogP contribution in [0.4, 0.5) is 11.4 Å². The van der Waals surface area contributed by atoms with E-state index >= 15 is 0 Å². The Kier molecular flexibility index (Phi) is 3.86. The summed E-state index contributed by atoms with van der Waals surface area (Å²) < 4.78 is 1.08. The van der Waals surface area contributed by atoms with Crippen LogP contribution < -0.4 is 11.1 Å². The summed E-state index contributed by atoms with van der Waals surface area (Å²) in [5, 5.41) is 2.87. The maximum atomic E-state index is 12.1. The molecular weight excluding hydrogens is 339 g/mol. The standard InChI is InChI=1S/C14H13IN2O/c1-9-7-11(16)5-6-13(9)14(18)17-12-4-2-3-10(15)8-12/h2-8H,16H2,1H3,(H,17,18). The second kappa shape index (κ2) is 5.39. The van der Waals surface area contributed by atoms with Gasteiger partial charge in [0.25, 0.3) is 5.91 Å². The summed E-state index contributed by atoms with van der Waals surface area (Å²) in [7, 11) is 0. The van der Waals surface area contributed by atoms with E-state index in [4.69, 9.17) is 5.73 Å². The number of hydrogen-bond donors (Lipinski definition) is 2. The van der Waals surface area contributed by atoms with Crippen molar-refractivity contribution in [2.75, 3.05) is 11.1 Å². The van der Waals surface area contributed by atoms with E-state index in [1.165, 1.54) is 0 Å². The van der Waals surface area contributed by atoms with Crippen LogP contribution in [0.3, 0.4) is 0 Å². The first kappa shape index (κ1) is 12.9. The Hall–Kier alpha value is -1.56. The molecule has 0 aliphatic rings. The molecule has 0 saturated carbocycles. The van der Waals surface area contributed by atoms with Crippen molar-refractivity contribution in [1.29, 1.82) is 0 Å². The quantitative estimate of drug-likeness (QED) is 0.643. The minimum Gasteiger partial charge on any atom is -0.399 e. The van der Waals surface area contributed by atoms with E-state index in [-0.39, 0.29) is 5.91 Å². The molecule has 2 aromatic carbocycles. The lowest BCUT2D eigenvalue weighted by Crippen LogP contribution is -2.13. The summed E-state index contributed by atoms with van der Waals surface area (Å²) in [5.74, 6) is -0.116. The number of carbonyl (C=O) groups is 1. The van der Waals surface area contributed by atoms with Crippen LogP contribution in [0.2, 0.25) is 0 Å². The third-order valence-electron chi connectivity index (χ3n) is 2.58. The van der Waals surface area contributed by atoms with Gasteiger partial charge >= 0.3 is 0 Å². The molecule has 2 rings (SSSR count). The summed E-state index contributed by atoms with van der Waals surface area (Å²) in [4.78, 5) is 12.1. The van der Waals surface area contributed by atoms with Gasteiger partial charge in [-0.25, -0.2) is 0 Å². The molecule has 0 atom stereocenters. The van der Waals surface area contributed by atoms with Crippen molar-refractivity contribution in [1.82, 2.24) is 0 Å². The molecule has 0 radical (unpaired) electrons. The summed E-state index contributed by atoms with van der Waals surface area (Å²) in [6.07, 6.45) is 0. The number of nitrogens with two attached hydrogens (primary N) is 1. The van der Waals surface area contributed by atoms with Gasteiger partial charge in [-0.3, -0.25) is 4.79 Å². The second-order valence-electron chi connectivity index (χ2n) is 4.04. The number of rotatable bonds is 2. The Morgan fingerprint density at radius 1 is 1.22 bits per heavy atom. The number of halogens is 1. The summed E-state index contributed by atoms with van der Waals surface area (Å²) in [6.45, 7) is 1.88. The highest BCUT2D eigenvalue weighted by Crippen LogP contribution is 2.16. The molecule has 0 spiro atoms. The number of hydrogen-bond acceptors (Lipinski definition) is 2. The highest BCUT2D eigenvalue weighted by Gasteiger charge is 2.09. The Bertz CT molecular complexity index is 596. The topological polar surface area (TPSA) is 55.1 Å². The monoisotopic (exact) mass is 352 g/mol. The molecular formula is C14H13IN2O. The van der Waals surface area contributed by atoms with Crippen LogP contribution >= 0.6 is 22.6 Å². The highest BCUT2D eigenvalue weighted by atomic mass is 127. The largest absolute Gasteiger partial charge is 0.399 e. The van der Waals surface area contributed by atoms with Gasteiger partial charge in [0.1, 0.15) is 0 Å². The van der Waals surface area contributed by atoms with Crippen LogP contribution in [0, 0.1) is 10.5 Å². The van der Waals surface area contributed by atoms with Crippen molar-refractivity contribution in [3.8, 4) is 0 Å². The summed E-state index contributed by atoms with van der Waals surface area (Å²) in [5.41, 5.74) is 8.64. The van der Waals surface area contributed by atoms with Crippen LogP contribution in [0.25, 0.3) is 0 Å². The molecule has 0 heterocycles. The molecule has 0 unspecified atom stereocenters. The summed E-state index contributed by atoms with van der Waals surface area (Å²) >= 11 is 2.21. The molecule has 4 heteroatoms. The lowest BCUT2D eigenvalue weighted by atomic mass is 10.1. The van der Waals surface area contributed by atoms with Crippen molar-refractivity contribution >= 4 is 39.9 Å². The van der Waals surface area contributed by atoms with Gasteiger partial charge in [0.15, 0.2) is 0 Å². The molecule has 0 fully saturated rings. The van der Waals surface area contributed by atoms with Crippen molar-refractivity contribution in [2.45, 2.75) is 6.92 Å². The molecule has 0 aliphatic carbocycles. The SMILES string of the molecule is Cc1cc(N)ccc1C(=O)Nc1cccc(I)c1. The summed E-state index contributed by atoms with van der Waals surface area (Å²) in [6, 6.07) is 12.9. The first-order valence-corrected chi connectivity index (χ1v) is 6.57. The fourth-order valence-corrected chi connectivity index (χ4v) is 2.25. The van der Waals surface area contributed by atoms with Crippen LogP contribution in [0.1, 0.15) is 15.9 Å². The number of nitrogen functional groups attached to an aromatic ring is 1. The zero-order valence-corrected chi connectivity index (χ0v) is 12.1. The molecule has 18 heavy (non-hydrogen) atoms. The molecule has 0 aromatic heterocycles. The average Bonchev–Trinajstić information content (AvgIpc) is 2.28. The van der Waals surface area contributed by atoms with Crippen molar-refractivity contribution < 1.29 is 4.79 Å². The number of amides is 1. The Balaban J connectivity index is 2.22. The third kappa shape index (κ3) is 3.01. The van der Waals surface area contributed by atoms with Crippen molar-refractivity contribution in [2.24, 2.45) is 0 Å². The fourth-order valence-electron chi connectivity index (χ4n) is 1.71. The third-order valence-corrected chi connectivity index (χ3v) is 3.25. The van der Waals surface area contributed by atoms with Crippen LogP contribution in [-0.4, -0.2) is 5.91 Å². The number of nitrogens with one attached hydrogen (secondary N) is 1. The van der Waals surface area contributed by atoms with Gasteiger partial charge < -0.3 is 11.1 Å². The lowest BCUT2D eigenvalue weighted by molar-refractivity contribution is 0.102. The Labute approximate surface area is 120 Å². The number of anilines is 2. The number of benzene rings is 2. The molecule has 2 aromatic rings. The van der Waals surface area contributed by atoms with Crippen molar-refractivity contribution in [3.63, 3.8) is 0 Å². The highest BCUT2D eigenvalue weighted by molar-refractivity contribution is 14.1. The minimum absolute atomic E-state index is 0.116. The molecule has 0 saturated heterocycles. The van der Waals surface area contributed by atoms with Gasteiger partial charge in [-0.05, 0) is 71.5 Å². The smallest absolute Gasteiger partial charge is 0.255 e. The molecule has 0 aliphatic heterocycles. The van der Waals surface area contributed by atoms with E-state index in [1.807, 2.05) is 31.2 Å². The van der Waals surface area contributed by atoms with Gasteiger partial charge in [-0.15, -0.1) is 0 Å². The predicted molar refractivity (Wildman–Crippen MR) is 82.7 cm³/mol. The first-order valence-electron chi connectivity index (χ1n) is 5.49. The van der Waals surface area contributed by atoms with E-state index < -0.39 is 0 Å². The maximum absolute atomic E-state index is 12.1. The van der Waals surface area contributed by atoms with Gasteiger partial charge in [-0.1, -0.05) is 6.07 Å². The van der Waals surface area contributed by atoms with E-state index in [0.717, 1.165) is 14.8 Å². The van der Waals surface area contributed by atoms with Crippen molar-refractivity contribution in [3.05, 3.63) is 57.2 Å². The van der Waals surface area contributed by atoms with Gasteiger partial charge in [0.05, 0.1) is 0 Å². The zero-order chi connectivity index (χ0) is 13.1. The molecule has 0 bridgehead atoms. The van der Waals surface area contributed by atoms with E-state index in [0.29, 0.717) is 11.3 Å². The Morgan fingerprint density at radius 2 is 2.00 bits per heavy atom. The number of carbonyl (C=O) groups excluding carboxylic acids is 1. The molecule has 3 nitrogen and oxygen atoms in total. The molecule has 3 N–H and O–H groups in total. The van der Waals surface area contributed by atoms with E-state index in [1.54, 1.807) is 18.2 Å². The average molecular weight is 352 g/mol. The van der Waals surface area contributed by atoms with Crippen LogP contribution in [-0.2, 0) is 0 Å². The Morgan fingerprint density at radius 3 is 2.67 bits per heavy atom. The predicted octanol–water partition coefficient (Wildman–Crippen LogP) is 3.43. The first-order chi connectivity index (χ1) is 8.56. The van der Waals surface area contributed by atoms with E-state index in [9.17, 15) is 4.79 Å². The van der Waals surface area contributed by atoms with Crippen LogP contribution in [0.15, 0.2) is 42.5 Å².